The number of fused-ring (bicyclic) bond motifs is 1. The maximum atomic E-state index is 13.5. The molecule has 0 radical (unpaired) electrons. The summed E-state index contributed by atoms with van der Waals surface area (Å²) in [5, 5.41) is 1.02. The van der Waals surface area contributed by atoms with Crippen LogP contribution in [0, 0.1) is 5.82 Å². The fourth-order valence-corrected chi connectivity index (χ4v) is 4.77. The molecule has 132 valence electrons. The minimum Gasteiger partial charge on any atom is -0.495 e. The van der Waals surface area contributed by atoms with Crippen LogP contribution in [0.4, 0.5) is 10.1 Å². The Balaban J connectivity index is 1.95. The van der Waals surface area contributed by atoms with E-state index in [4.69, 9.17) is 4.74 Å². The fraction of sp³-hybridized carbons (Fsp3) is 0.235. The molecule has 0 bridgehead atoms. The Labute approximate surface area is 149 Å². The van der Waals surface area contributed by atoms with Gasteiger partial charge in [-0.05, 0) is 49.2 Å². The molecule has 0 aliphatic heterocycles. The van der Waals surface area contributed by atoms with E-state index in [-0.39, 0.29) is 10.6 Å². The van der Waals surface area contributed by atoms with Crippen molar-refractivity contribution >= 4 is 37.3 Å². The van der Waals surface area contributed by atoms with E-state index in [1.54, 1.807) is 18.2 Å². The maximum Gasteiger partial charge on any atom is 0.265 e. The van der Waals surface area contributed by atoms with Crippen molar-refractivity contribution < 1.29 is 17.5 Å². The number of sulfonamides is 1. The summed E-state index contributed by atoms with van der Waals surface area (Å²) in [6.07, 6.45) is 1.89. The zero-order chi connectivity index (χ0) is 18.0. The topological polar surface area (TPSA) is 68.3 Å². The Kier molecular flexibility index (Phi) is 4.91. The molecule has 2 aromatic carbocycles. The van der Waals surface area contributed by atoms with Crippen molar-refractivity contribution in [3.05, 3.63) is 47.2 Å². The number of methoxy groups -OCH3 is 1. The number of hydrogen-bond acceptors (Lipinski definition) is 5. The number of ether oxygens (including phenoxy) is 1. The summed E-state index contributed by atoms with van der Waals surface area (Å²) >= 11 is 1.54. The summed E-state index contributed by atoms with van der Waals surface area (Å²) < 4.78 is 47.1. The van der Waals surface area contributed by atoms with E-state index in [0.717, 1.165) is 40.2 Å². The van der Waals surface area contributed by atoms with Crippen LogP contribution in [-0.4, -0.2) is 20.5 Å². The van der Waals surface area contributed by atoms with Crippen LogP contribution < -0.4 is 9.46 Å². The van der Waals surface area contributed by atoms with Crippen molar-refractivity contribution in [1.29, 1.82) is 0 Å². The highest BCUT2D eigenvalue weighted by Gasteiger charge is 2.21. The van der Waals surface area contributed by atoms with Crippen molar-refractivity contribution in [2.75, 3.05) is 11.8 Å². The first-order valence-electron chi connectivity index (χ1n) is 7.69. The van der Waals surface area contributed by atoms with Gasteiger partial charge < -0.3 is 4.74 Å². The smallest absolute Gasteiger partial charge is 0.265 e. The SMILES string of the molecule is CCCc1nc2ccc(NS(=O)(=O)c3cc(F)ccc3OC)cc2s1. The molecule has 0 saturated carbocycles. The minimum absolute atomic E-state index is 0.0815. The van der Waals surface area contributed by atoms with Gasteiger partial charge in [-0.1, -0.05) is 6.92 Å². The van der Waals surface area contributed by atoms with E-state index >= 15 is 0 Å². The second-order valence-corrected chi connectivity index (χ2v) is 8.21. The molecule has 0 fully saturated rings. The second kappa shape index (κ2) is 6.97. The van der Waals surface area contributed by atoms with Crippen molar-refractivity contribution in [2.24, 2.45) is 0 Å². The summed E-state index contributed by atoms with van der Waals surface area (Å²) in [7, 11) is -2.64. The Morgan fingerprint density at radius 1 is 1.24 bits per heavy atom. The first-order chi connectivity index (χ1) is 11.9. The van der Waals surface area contributed by atoms with Crippen molar-refractivity contribution in [2.45, 2.75) is 24.7 Å². The third-order valence-electron chi connectivity index (χ3n) is 3.56. The largest absolute Gasteiger partial charge is 0.495 e. The zero-order valence-electron chi connectivity index (χ0n) is 13.7. The van der Waals surface area contributed by atoms with Gasteiger partial charge in [0, 0.05) is 0 Å². The Morgan fingerprint density at radius 3 is 2.76 bits per heavy atom. The van der Waals surface area contributed by atoms with E-state index in [0.29, 0.717) is 5.69 Å². The third-order valence-corrected chi connectivity index (χ3v) is 6.04. The van der Waals surface area contributed by atoms with E-state index < -0.39 is 15.8 Å². The maximum absolute atomic E-state index is 13.5. The number of rotatable bonds is 6. The lowest BCUT2D eigenvalue weighted by molar-refractivity contribution is 0.401. The van der Waals surface area contributed by atoms with Gasteiger partial charge in [0.05, 0.1) is 28.0 Å². The molecular formula is C17H17FN2O3S2. The van der Waals surface area contributed by atoms with Crippen LogP contribution in [0.3, 0.4) is 0 Å². The minimum atomic E-state index is -3.98. The Hall–Kier alpha value is -2.19. The van der Waals surface area contributed by atoms with Crippen LogP contribution in [0.2, 0.25) is 0 Å². The van der Waals surface area contributed by atoms with Crippen LogP contribution >= 0.6 is 11.3 Å². The van der Waals surface area contributed by atoms with Crippen LogP contribution in [0.1, 0.15) is 18.4 Å². The molecule has 0 spiro atoms. The molecule has 3 aromatic rings. The standard InChI is InChI=1S/C17H17FN2O3S2/c1-3-4-17-19-13-7-6-12(10-15(13)24-17)20-25(21,22)16-9-11(18)5-8-14(16)23-2/h5-10,20H,3-4H2,1-2H3. The van der Waals surface area contributed by atoms with Crippen molar-refractivity contribution in [3.63, 3.8) is 0 Å². The predicted molar refractivity (Wildman–Crippen MR) is 97.4 cm³/mol. The van der Waals surface area contributed by atoms with Crippen LogP contribution in [0.15, 0.2) is 41.3 Å². The summed E-state index contributed by atoms with van der Waals surface area (Å²) in [6.45, 7) is 2.08. The van der Waals surface area contributed by atoms with E-state index in [9.17, 15) is 12.8 Å². The van der Waals surface area contributed by atoms with Gasteiger partial charge in [-0.15, -0.1) is 11.3 Å². The quantitative estimate of drug-likeness (QED) is 0.696. The summed E-state index contributed by atoms with van der Waals surface area (Å²) in [4.78, 5) is 4.26. The van der Waals surface area contributed by atoms with E-state index in [2.05, 4.69) is 16.6 Å². The van der Waals surface area contributed by atoms with Gasteiger partial charge in [-0.25, -0.2) is 17.8 Å². The van der Waals surface area contributed by atoms with E-state index in [1.165, 1.54) is 24.5 Å². The predicted octanol–water partition coefficient (Wildman–Crippen LogP) is 4.20. The molecule has 0 aliphatic carbocycles. The lowest BCUT2D eigenvalue weighted by Gasteiger charge is -2.11. The highest BCUT2D eigenvalue weighted by Crippen LogP contribution is 2.29. The van der Waals surface area contributed by atoms with Crippen molar-refractivity contribution in [3.8, 4) is 5.75 Å². The molecule has 0 unspecified atom stereocenters. The number of thiazole rings is 1. The molecule has 5 nitrogen and oxygen atoms in total. The second-order valence-electron chi connectivity index (χ2n) is 5.44. The van der Waals surface area contributed by atoms with E-state index in [1.807, 2.05) is 0 Å². The Morgan fingerprint density at radius 2 is 2.04 bits per heavy atom. The number of anilines is 1. The molecule has 0 amide bonds. The number of aryl methyl sites for hydroxylation is 1. The summed E-state index contributed by atoms with van der Waals surface area (Å²) in [5.41, 5.74) is 1.23. The third kappa shape index (κ3) is 3.74. The van der Waals surface area contributed by atoms with Gasteiger partial charge >= 0.3 is 0 Å². The van der Waals surface area contributed by atoms with Crippen LogP contribution in [0.25, 0.3) is 10.2 Å². The number of aromatic nitrogens is 1. The van der Waals surface area contributed by atoms with Crippen molar-refractivity contribution in [1.82, 2.24) is 4.98 Å². The fourth-order valence-electron chi connectivity index (χ4n) is 2.43. The number of nitrogens with one attached hydrogen (secondary N) is 1. The molecule has 0 aliphatic rings. The number of nitrogens with zero attached hydrogens (tertiary/aromatic N) is 1. The number of hydrogen-bond donors (Lipinski definition) is 1. The summed E-state index contributed by atoms with van der Waals surface area (Å²) in [6, 6.07) is 8.51. The van der Waals surface area contributed by atoms with Gasteiger partial charge in [0.2, 0.25) is 0 Å². The highest BCUT2D eigenvalue weighted by atomic mass is 32.2. The molecule has 1 heterocycles. The first-order valence-corrected chi connectivity index (χ1v) is 9.98. The number of benzene rings is 2. The molecular weight excluding hydrogens is 363 g/mol. The summed E-state index contributed by atoms with van der Waals surface area (Å²) in [5.74, 6) is -0.568. The lowest BCUT2D eigenvalue weighted by Crippen LogP contribution is -2.14. The molecule has 8 heteroatoms. The molecule has 25 heavy (non-hydrogen) atoms. The molecule has 0 atom stereocenters. The number of halogens is 1. The lowest BCUT2D eigenvalue weighted by atomic mass is 10.3. The van der Waals surface area contributed by atoms with Gasteiger partial charge in [-0.3, -0.25) is 4.72 Å². The normalized spacial score (nSPS) is 11.6. The monoisotopic (exact) mass is 380 g/mol. The molecule has 3 rings (SSSR count). The molecule has 0 saturated heterocycles. The van der Waals surface area contributed by atoms with Crippen LogP contribution in [-0.2, 0) is 16.4 Å². The zero-order valence-corrected chi connectivity index (χ0v) is 15.4. The highest BCUT2D eigenvalue weighted by molar-refractivity contribution is 7.92. The average Bonchev–Trinajstić information content (AvgIpc) is 2.96. The molecule has 1 aromatic heterocycles. The van der Waals surface area contributed by atoms with Crippen LogP contribution in [0.5, 0.6) is 5.75 Å². The average molecular weight is 380 g/mol. The van der Waals surface area contributed by atoms with Gasteiger partial charge in [-0.2, -0.15) is 0 Å². The Bertz CT molecular complexity index is 1020. The molecule has 1 N–H and O–H groups in total. The van der Waals surface area contributed by atoms with Gasteiger partial charge in [0.1, 0.15) is 16.5 Å². The first kappa shape index (κ1) is 17.6. The van der Waals surface area contributed by atoms with Gasteiger partial charge in [0.15, 0.2) is 0 Å². The van der Waals surface area contributed by atoms with Gasteiger partial charge in [0.25, 0.3) is 10.0 Å².